The van der Waals surface area contributed by atoms with Crippen LogP contribution in [0.3, 0.4) is 0 Å². The second-order valence-electron chi connectivity index (χ2n) is 5.87. The van der Waals surface area contributed by atoms with Crippen LogP contribution in [0.5, 0.6) is 5.88 Å². The Kier molecular flexibility index (Phi) is 3.96. The largest absolute Gasteiger partial charge is 0.481 e. The molecule has 0 N–H and O–H groups in total. The zero-order valence-corrected chi connectivity index (χ0v) is 14.9. The average molecular weight is 393 g/mol. The highest BCUT2D eigenvalue weighted by Crippen LogP contribution is 2.36. The molecular weight excluding hydrogens is 381 g/mol. The average Bonchev–Trinajstić information content (AvgIpc) is 2.96. The lowest BCUT2D eigenvalue weighted by molar-refractivity contribution is -0.139. The molecule has 3 heterocycles. The molecule has 0 fully saturated rings. The van der Waals surface area contributed by atoms with Gasteiger partial charge in [-0.15, -0.1) is 0 Å². The van der Waals surface area contributed by atoms with E-state index in [1.807, 2.05) is 0 Å². The SMILES string of the molecule is COc1ccc2nc(C(F)(F)F)c3nc(C)c(-c4cccc(Cl)c4)n3c2n1. The molecular formula is C18H12ClF3N4O. The van der Waals surface area contributed by atoms with Crippen LogP contribution in [0, 0.1) is 6.92 Å². The van der Waals surface area contributed by atoms with Crippen LogP contribution in [0.15, 0.2) is 36.4 Å². The van der Waals surface area contributed by atoms with Crippen molar-refractivity contribution in [2.45, 2.75) is 13.1 Å². The summed E-state index contributed by atoms with van der Waals surface area (Å²) in [7, 11) is 1.43. The molecule has 0 unspecified atom stereocenters. The fourth-order valence-electron chi connectivity index (χ4n) is 3.02. The second-order valence-corrected chi connectivity index (χ2v) is 6.31. The number of fused-ring (bicyclic) bond motifs is 3. The Balaban J connectivity index is 2.22. The molecule has 1 aromatic carbocycles. The number of nitrogens with zero attached hydrogens (tertiary/aromatic N) is 4. The molecule has 3 aromatic heterocycles. The van der Waals surface area contributed by atoms with Gasteiger partial charge in [-0.1, -0.05) is 23.7 Å². The van der Waals surface area contributed by atoms with E-state index in [0.717, 1.165) is 0 Å². The number of benzene rings is 1. The lowest BCUT2D eigenvalue weighted by Gasteiger charge is -2.12. The van der Waals surface area contributed by atoms with Crippen LogP contribution in [0.2, 0.25) is 5.02 Å². The van der Waals surface area contributed by atoms with Crippen LogP contribution in [-0.2, 0) is 6.18 Å². The molecule has 0 radical (unpaired) electrons. The first-order valence-electron chi connectivity index (χ1n) is 7.86. The van der Waals surface area contributed by atoms with Crippen molar-refractivity contribution in [3.8, 4) is 17.1 Å². The van der Waals surface area contributed by atoms with Crippen molar-refractivity contribution >= 4 is 28.4 Å². The predicted molar refractivity (Wildman–Crippen MR) is 95.0 cm³/mol. The number of aromatic nitrogens is 4. The van der Waals surface area contributed by atoms with E-state index in [-0.39, 0.29) is 22.7 Å². The van der Waals surface area contributed by atoms with E-state index < -0.39 is 11.9 Å². The number of halogens is 4. The molecule has 0 amide bonds. The smallest absolute Gasteiger partial charge is 0.437 e. The van der Waals surface area contributed by atoms with Crippen molar-refractivity contribution in [3.05, 3.63) is 52.8 Å². The normalized spacial score (nSPS) is 12.1. The minimum Gasteiger partial charge on any atom is -0.481 e. The molecule has 0 saturated heterocycles. The molecule has 9 heteroatoms. The van der Waals surface area contributed by atoms with Gasteiger partial charge in [-0.25, -0.2) is 9.97 Å². The van der Waals surface area contributed by atoms with E-state index >= 15 is 0 Å². The molecule has 27 heavy (non-hydrogen) atoms. The summed E-state index contributed by atoms with van der Waals surface area (Å²) in [5, 5.41) is 0.460. The summed E-state index contributed by atoms with van der Waals surface area (Å²) in [4.78, 5) is 12.2. The number of hydrogen-bond donors (Lipinski definition) is 0. The number of rotatable bonds is 2. The number of ether oxygens (including phenoxy) is 1. The Hall–Kier alpha value is -2.87. The van der Waals surface area contributed by atoms with Gasteiger partial charge in [0.1, 0.15) is 5.52 Å². The Bertz CT molecular complexity index is 1190. The first-order valence-corrected chi connectivity index (χ1v) is 8.24. The Morgan fingerprint density at radius 2 is 1.81 bits per heavy atom. The molecule has 0 bridgehead atoms. The summed E-state index contributed by atoms with van der Waals surface area (Å²) in [5.74, 6) is 0.258. The van der Waals surface area contributed by atoms with Gasteiger partial charge in [0, 0.05) is 16.7 Å². The third kappa shape index (κ3) is 2.86. The summed E-state index contributed by atoms with van der Waals surface area (Å²) in [6, 6.07) is 9.72. The maximum Gasteiger partial charge on any atom is 0.437 e. The van der Waals surface area contributed by atoms with Gasteiger partial charge in [-0.2, -0.15) is 18.2 Å². The van der Waals surface area contributed by atoms with E-state index in [2.05, 4.69) is 15.0 Å². The van der Waals surface area contributed by atoms with Crippen LogP contribution >= 0.6 is 11.6 Å². The minimum atomic E-state index is -4.67. The van der Waals surface area contributed by atoms with Crippen LogP contribution in [0.4, 0.5) is 13.2 Å². The molecule has 5 nitrogen and oxygen atoms in total. The third-order valence-electron chi connectivity index (χ3n) is 4.11. The molecule has 0 aliphatic rings. The highest BCUT2D eigenvalue weighted by Gasteiger charge is 2.38. The van der Waals surface area contributed by atoms with Crippen LogP contribution < -0.4 is 4.74 Å². The van der Waals surface area contributed by atoms with Gasteiger partial charge in [0.05, 0.1) is 18.5 Å². The van der Waals surface area contributed by atoms with Gasteiger partial charge in [0.25, 0.3) is 0 Å². The lowest BCUT2D eigenvalue weighted by atomic mass is 10.1. The fraction of sp³-hybridized carbons (Fsp3) is 0.167. The molecule has 4 rings (SSSR count). The van der Waals surface area contributed by atoms with Gasteiger partial charge in [-0.05, 0) is 25.1 Å². The van der Waals surface area contributed by atoms with E-state index in [1.165, 1.54) is 23.6 Å². The lowest BCUT2D eigenvalue weighted by Crippen LogP contribution is -2.12. The van der Waals surface area contributed by atoms with Crippen LogP contribution in [-0.4, -0.2) is 26.5 Å². The summed E-state index contributed by atoms with van der Waals surface area (Å²) in [6.07, 6.45) is -4.67. The Morgan fingerprint density at radius 1 is 1.04 bits per heavy atom. The van der Waals surface area contributed by atoms with Crippen molar-refractivity contribution in [1.29, 1.82) is 0 Å². The van der Waals surface area contributed by atoms with Gasteiger partial charge in [-0.3, -0.25) is 4.40 Å². The van der Waals surface area contributed by atoms with Crippen molar-refractivity contribution < 1.29 is 17.9 Å². The van der Waals surface area contributed by atoms with Crippen molar-refractivity contribution in [2.24, 2.45) is 0 Å². The predicted octanol–water partition coefficient (Wildman–Crippen LogP) is 4.93. The number of hydrogen-bond acceptors (Lipinski definition) is 4. The Labute approximate surface area is 156 Å². The monoisotopic (exact) mass is 392 g/mol. The van der Waals surface area contributed by atoms with E-state index in [0.29, 0.717) is 22.0 Å². The van der Waals surface area contributed by atoms with Gasteiger partial charge in [0.2, 0.25) is 5.88 Å². The molecule has 0 spiro atoms. The van der Waals surface area contributed by atoms with Crippen LogP contribution in [0.1, 0.15) is 11.4 Å². The topological polar surface area (TPSA) is 52.3 Å². The summed E-state index contributed by atoms with van der Waals surface area (Å²) in [6.45, 7) is 1.63. The number of methoxy groups -OCH3 is 1. The van der Waals surface area contributed by atoms with Gasteiger partial charge in [0.15, 0.2) is 17.0 Å². The fourth-order valence-corrected chi connectivity index (χ4v) is 3.21. The Morgan fingerprint density at radius 3 is 2.48 bits per heavy atom. The molecule has 0 aliphatic carbocycles. The quantitative estimate of drug-likeness (QED) is 0.485. The number of aryl methyl sites for hydroxylation is 1. The van der Waals surface area contributed by atoms with Crippen LogP contribution in [0.25, 0.3) is 28.1 Å². The van der Waals surface area contributed by atoms with E-state index in [4.69, 9.17) is 16.3 Å². The number of alkyl halides is 3. The van der Waals surface area contributed by atoms with E-state index in [1.54, 1.807) is 31.2 Å². The van der Waals surface area contributed by atoms with E-state index in [9.17, 15) is 13.2 Å². The molecule has 4 aromatic rings. The highest BCUT2D eigenvalue weighted by molar-refractivity contribution is 6.30. The summed E-state index contributed by atoms with van der Waals surface area (Å²) in [5.41, 5.74) is 0.399. The summed E-state index contributed by atoms with van der Waals surface area (Å²) >= 11 is 6.08. The molecule has 0 saturated carbocycles. The third-order valence-corrected chi connectivity index (χ3v) is 4.35. The molecule has 138 valence electrons. The maximum absolute atomic E-state index is 13.6. The van der Waals surface area contributed by atoms with Crippen molar-refractivity contribution in [3.63, 3.8) is 0 Å². The minimum absolute atomic E-state index is 0.0799. The van der Waals surface area contributed by atoms with Crippen molar-refractivity contribution in [2.75, 3.05) is 7.11 Å². The van der Waals surface area contributed by atoms with Crippen molar-refractivity contribution in [1.82, 2.24) is 19.4 Å². The number of pyridine rings is 1. The highest BCUT2D eigenvalue weighted by atomic mass is 35.5. The zero-order chi connectivity index (χ0) is 19.3. The second kappa shape index (κ2) is 6.09. The molecule has 0 atom stereocenters. The molecule has 0 aliphatic heterocycles. The maximum atomic E-state index is 13.6. The standard InChI is InChI=1S/C18H12ClF3N4O/c1-9-14(10-4-3-5-11(19)8-10)26-16-12(6-7-13(25-16)27-2)24-15(17(26)23-9)18(20,21)22/h3-8H,1-2H3. The van der Waals surface area contributed by atoms with Gasteiger partial charge >= 0.3 is 6.18 Å². The summed E-state index contributed by atoms with van der Waals surface area (Å²) < 4.78 is 47.3. The van der Waals surface area contributed by atoms with Gasteiger partial charge < -0.3 is 4.74 Å². The zero-order valence-electron chi connectivity index (χ0n) is 14.2. The number of imidazole rings is 1. The first kappa shape index (κ1) is 17.5. The first-order chi connectivity index (χ1) is 12.8.